The van der Waals surface area contributed by atoms with Gasteiger partial charge in [-0.25, -0.2) is 0 Å². The maximum atomic E-state index is 12.6. The first kappa shape index (κ1) is 18.8. The second-order valence-corrected chi connectivity index (χ2v) is 8.90. The van der Waals surface area contributed by atoms with Crippen LogP contribution >= 0.6 is 11.8 Å². The highest BCUT2D eigenvalue weighted by Crippen LogP contribution is 2.40. The Balaban J connectivity index is 2.06. The summed E-state index contributed by atoms with van der Waals surface area (Å²) in [6.07, 6.45) is 4.12. The van der Waals surface area contributed by atoms with Crippen molar-refractivity contribution in [2.24, 2.45) is 0 Å². The molecule has 0 atom stereocenters. The molecule has 3 rings (SSSR count). The van der Waals surface area contributed by atoms with E-state index in [-0.39, 0.29) is 22.7 Å². The van der Waals surface area contributed by atoms with Crippen molar-refractivity contribution in [3.63, 3.8) is 0 Å². The molecule has 0 spiro atoms. The van der Waals surface area contributed by atoms with Crippen LogP contribution in [0.5, 0.6) is 0 Å². The summed E-state index contributed by atoms with van der Waals surface area (Å²) in [4.78, 5) is 28.8. The molecule has 0 radical (unpaired) electrons. The molecule has 1 saturated heterocycles. The van der Waals surface area contributed by atoms with Crippen molar-refractivity contribution in [3.8, 4) is 0 Å². The summed E-state index contributed by atoms with van der Waals surface area (Å²) in [7, 11) is 2.11. The quantitative estimate of drug-likeness (QED) is 0.681. The number of aryl methyl sites for hydroxylation is 1. The first-order valence-corrected chi connectivity index (χ1v) is 9.70. The van der Waals surface area contributed by atoms with Gasteiger partial charge in [0.2, 0.25) is 0 Å². The number of likely N-dealkylation sites (N-methyl/N-ethyl adjacent to an activating group) is 1. The highest BCUT2D eigenvalue weighted by atomic mass is 32.2. The minimum atomic E-state index is -0.197. The lowest BCUT2D eigenvalue weighted by atomic mass is 9.87. The van der Waals surface area contributed by atoms with Crippen LogP contribution in [-0.4, -0.2) is 34.7 Å². The number of carbonyl (C=O) groups is 2. The molecule has 0 aliphatic carbocycles. The molecule has 1 aromatic rings. The van der Waals surface area contributed by atoms with Gasteiger partial charge in [-0.15, -0.1) is 0 Å². The molecule has 2 amide bonds. The van der Waals surface area contributed by atoms with Crippen LogP contribution in [0.2, 0.25) is 0 Å². The first-order chi connectivity index (χ1) is 12.0. The molecule has 1 aromatic carbocycles. The first-order valence-electron chi connectivity index (χ1n) is 8.88. The summed E-state index contributed by atoms with van der Waals surface area (Å²) in [5.74, 6) is -0.197. The Kier molecular flexibility index (Phi) is 4.55. The molecule has 0 saturated carbocycles. The van der Waals surface area contributed by atoms with Crippen molar-refractivity contribution in [2.75, 3.05) is 11.9 Å². The van der Waals surface area contributed by atoms with Crippen molar-refractivity contribution in [1.29, 1.82) is 0 Å². The average Bonchev–Trinajstić information content (AvgIpc) is 2.80. The number of anilines is 1. The van der Waals surface area contributed by atoms with Gasteiger partial charge in [0, 0.05) is 24.3 Å². The molecule has 1 fully saturated rings. The lowest BCUT2D eigenvalue weighted by molar-refractivity contribution is -0.123. The lowest BCUT2D eigenvalue weighted by Gasteiger charge is -2.41. The standard InChI is InChI=1S/C21H26N2O2S/c1-12(2)23-19(24)18(26-20(23)25)10-15-9-16-14(4)11-21(5,6)22(7)17(16)8-13(15)3/h8-12H,1-7H3/b18-10-. The van der Waals surface area contributed by atoms with Crippen LogP contribution in [0.1, 0.15) is 51.3 Å². The summed E-state index contributed by atoms with van der Waals surface area (Å²) in [6.45, 7) is 12.3. The third-order valence-corrected chi connectivity index (χ3v) is 6.11. The number of benzene rings is 1. The molecule has 138 valence electrons. The highest BCUT2D eigenvalue weighted by molar-refractivity contribution is 8.18. The molecule has 0 bridgehead atoms. The van der Waals surface area contributed by atoms with Crippen LogP contribution in [0.4, 0.5) is 10.5 Å². The number of amides is 2. The van der Waals surface area contributed by atoms with E-state index in [9.17, 15) is 9.59 Å². The van der Waals surface area contributed by atoms with Gasteiger partial charge in [-0.2, -0.15) is 0 Å². The number of imide groups is 1. The van der Waals surface area contributed by atoms with Crippen molar-refractivity contribution in [3.05, 3.63) is 39.8 Å². The van der Waals surface area contributed by atoms with E-state index in [0.717, 1.165) is 22.9 Å². The van der Waals surface area contributed by atoms with Gasteiger partial charge in [0.1, 0.15) is 0 Å². The molecule has 2 aliphatic rings. The fourth-order valence-corrected chi connectivity index (χ4v) is 4.49. The summed E-state index contributed by atoms with van der Waals surface area (Å²) in [6, 6.07) is 4.18. The smallest absolute Gasteiger partial charge is 0.293 e. The predicted octanol–water partition coefficient (Wildman–Crippen LogP) is 5.07. The molecule has 2 heterocycles. The zero-order valence-electron chi connectivity index (χ0n) is 16.5. The topological polar surface area (TPSA) is 40.6 Å². The molecule has 26 heavy (non-hydrogen) atoms. The largest absolute Gasteiger partial charge is 0.365 e. The number of hydrogen-bond acceptors (Lipinski definition) is 4. The maximum absolute atomic E-state index is 12.6. The Bertz CT molecular complexity index is 865. The minimum Gasteiger partial charge on any atom is -0.365 e. The summed E-state index contributed by atoms with van der Waals surface area (Å²) < 4.78 is 0. The van der Waals surface area contributed by atoms with Gasteiger partial charge in [-0.05, 0) is 88.2 Å². The van der Waals surface area contributed by atoms with E-state index in [1.54, 1.807) is 0 Å². The van der Waals surface area contributed by atoms with Crippen molar-refractivity contribution in [1.82, 2.24) is 4.90 Å². The number of thioether (sulfide) groups is 1. The van der Waals surface area contributed by atoms with E-state index < -0.39 is 0 Å². The van der Waals surface area contributed by atoms with Gasteiger partial charge in [-0.1, -0.05) is 6.08 Å². The molecule has 0 N–H and O–H groups in total. The lowest BCUT2D eigenvalue weighted by Crippen LogP contribution is -2.42. The van der Waals surface area contributed by atoms with Crippen molar-refractivity contribution >= 4 is 40.2 Å². The van der Waals surface area contributed by atoms with Gasteiger partial charge >= 0.3 is 0 Å². The van der Waals surface area contributed by atoms with Gasteiger partial charge in [0.15, 0.2) is 0 Å². The van der Waals surface area contributed by atoms with E-state index >= 15 is 0 Å². The second-order valence-electron chi connectivity index (χ2n) is 7.91. The third-order valence-electron chi connectivity index (χ3n) is 5.23. The summed E-state index contributed by atoms with van der Waals surface area (Å²) in [5.41, 5.74) is 5.64. The molecule has 2 aliphatic heterocycles. The number of fused-ring (bicyclic) bond motifs is 1. The normalized spacial score (nSPS) is 20.9. The fraction of sp³-hybridized carbons (Fsp3) is 0.429. The Morgan fingerprint density at radius 3 is 2.38 bits per heavy atom. The predicted molar refractivity (Wildman–Crippen MR) is 110 cm³/mol. The van der Waals surface area contributed by atoms with Crippen LogP contribution in [-0.2, 0) is 4.79 Å². The Morgan fingerprint density at radius 2 is 1.81 bits per heavy atom. The van der Waals surface area contributed by atoms with Gasteiger partial charge < -0.3 is 4.90 Å². The molecule has 0 unspecified atom stereocenters. The number of allylic oxidation sites excluding steroid dienone is 1. The molecular formula is C21H26N2O2S. The Morgan fingerprint density at radius 1 is 1.15 bits per heavy atom. The van der Waals surface area contributed by atoms with Crippen LogP contribution in [0.25, 0.3) is 11.6 Å². The molecule has 5 heteroatoms. The van der Waals surface area contributed by atoms with Crippen molar-refractivity contribution in [2.45, 2.75) is 53.1 Å². The zero-order valence-corrected chi connectivity index (χ0v) is 17.3. The van der Waals surface area contributed by atoms with E-state index in [0.29, 0.717) is 4.91 Å². The summed E-state index contributed by atoms with van der Waals surface area (Å²) >= 11 is 1.03. The maximum Gasteiger partial charge on any atom is 0.293 e. The van der Waals surface area contributed by atoms with E-state index in [1.165, 1.54) is 21.7 Å². The number of carbonyl (C=O) groups excluding carboxylic acids is 2. The Labute approximate surface area is 159 Å². The van der Waals surface area contributed by atoms with Gasteiger partial charge in [-0.3, -0.25) is 14.5 Å². The second kappa shape index (κ2) is 6.31. The van der Waals surface area contributed by atoms with E-state index in [1.807, 2.05) is 26.8 Å². The van der Waals surface area contributed by atoms with Crippen LogP contribution in [0.15, 0.2) is 23.1 Å². The van der Waals surface area contributed by atoms with Crippen LogP contribution in [0, 0.1) is 6.92 Å². The van der Waals surface area contributed by atoms with Gasteiger partial charge in [0.25, 0.3) is 11.1 Å². The van der Waals surface area contributed by atoms with E-state index in [4.69, 9.17) is 0 Å². The number of nitrogens with zero attached hydrogens (tertiary/aromatic N) is 2. The molecule has 4 nitrogen and oxygen atoms in total. The SMILES string of the molecule is CC1=CC(C)(C)N(C)c2cc(C)c(/C=C3\SC(=O)N(C(C)C)C3=O)cc21. The average molecular weight is 371 g/mol. The minimum absolute atomic E-state index is 0.0367. The Hall–Kier alpha value is -2.01. The number of hydrogen-bond donors (Lipinski definition) is 0. The molecular weight excluding hydrogens is 344 g/mol. The third kappa shape index (κ3) is 2.98. The monoisotopic (exact) mass is 370 g/mol. The highest BCUT2D eigenvalue weighted by Gasteiger charge is 2.37. The zero-order chi connectivity index (χ0) is 19.4. The van der Waals surface area contributed by atoms with E-state index in [2.05, 4.69) is 50.9 Å². The summed E-state index contributed by atoms with van der Waals surface area (Å²) in [5, 5.41) is -0.190. The van der Waals surface area contributed by atoms with Gasteiger partial charge in [0.05, 0.1) is 10.4 Å². The van der Waals surface area contributed by atoms with Crippen LogP contribution < -0.4 is 4.90 Å². The van der Waals surface area contributed by atoms with Crippen LogP contribution in [0.3, 0.4) is 0 Å². The molecule has 0 aromatic heterocycles. The fourth-order valence-electron chi connectivity index (χ4n) is 3.54. The number of rotatable bonds is 2. The van der Waals surface area contributed by atoms with Crippen molar-refractivity contribution < 1.29 is 9.59 Å².